The van der Waals surface area contributed by atoms with Gasteiger partial charge in [0.1, 0.15) is 23.5 Å². The number of fused-ring (bicyclic) bond motifs is 2. The van der Waals surface area contributed by atoms with E-state index in [-0.39, 0.29) is 52.2 Å². The summed E-state index contributed by atoms with van der Waals surface area (Å²) in [6, 6.07) is 3.58. The number of halogens is 3. The molecular formula is C21H16F3N7O5S. The molecule has 3 N–H and O–H groups in total. The summed E-state index contributed by atoms with van der Waals surface area (Å²) in [5, 5.41) is 9.20. The molecule has 1 atom stereocenters. The van der Waals surface area contributed by atoms with Crippen LogP contribution < -0.4 is 10.6 Å². The van der Waals surface area contributed by atoms with Crippen LogP contribution in [-0.4, -0.2) is 50.8 Å². The number of amides is 2. The average Bonchev–Trinajstić information content (AvgIpc) is 3.49. The number of alkyl halides is 3. The predicted molar refractivity (Wildman–Crippen MR) is 120 cm³/mol. The number of sulfone groups is 1. The maximum absolute atomic E-state index is 12.9. The Morgan fingerprint density at radius 2 is 1.97 bits per heavy atom. The molecule has 192 valence electrons. The van der Waals surface area contributed by atoms with Gasteiger partial charge >= 0.3 is 5.51 Å². The van der Waals surface area contributed by atoms with Crippen LogP contribution in [0.2, 0.25) is 0 Å². The summed E-state index contributed by atoms with van der Waals surface area (Å²) < 4.78 is 67.3. The zero-order valence-corrected chi connectivity index (χ0v) is 19.6. The normalized spacial score (nSPS) is 14.8. The van der Waals surface area contributed by atoms with Crippen molar-refractivity contribution in [3.05, 3.63) is 47.6 Å². The van der Waals surface area contributed by atoms with Crippen LogP contribution in [0.4, 0.5) is 19.0 Å². The first-order valence-corrected chi connectivity index (χ1v) is 12.1. The van der Waals surface area contributed by atoms with Crippen LogP contribution in [0.15, 0.2) is 40.0 Å². The maximum Gasteiger partial charge on any atom is 0.501 e. The van der Waals surface area contributed by atoms with Gasteiger partial charge in [0.15, 0.2) is 11.6 Å². The number of anilines is 1. The monoisotopic (exact) mass is 535 g/mol. The van der Waals surface area contributed by atoms with E-state index in [2.05, 4.69) is 35.7 Å². The Labute approximate surface area is 205 Å². The van der Waals surface area contributed by atoms with Crippen LogP contribution in [0, 0.1) is 0 Å². The molecule has 5 rings (SSSR count). The number of imidazole rings is 1. The molecule has 4 heterocycles. The molecule has 1 aliphatic rings. The number of rotatable bonds is 5. The van der Waals surface area contributed by atoms with Crippen LogP contribution >= 0.6 is 0 Å². The van der Waals surface area contributed by atoms with E-state index in [4.69, 9.17) is 4.52 Å². The second-order valence-corrected chi connectivity index (χ2v) is 10.1. The molecule has 4 aromatic rings. The summed E-state index contributed by atoms with van der Waals surface area (Å²) in [5.41, 5.74) is -4.38. The van der Waals surface area contributed by atoms with Crippen molar-refractivity contribution in [1.82, 2.24) is 30.4 Å². The van der Waals surface area contributed by atoms with Crippen molar-refractivity contribution in [3.8, 4) is 11.5 Å². The molecular weight excluding hydrogens is 519 g/mol. The van der Waals surface area contributed by atoms with E-state index in [1.807, 2.05) is 0 Å². The summed E-state index contributed by atoms with van der Waals surface area (Å²) in [7, 11) is -5.53. The topological polar surface area (TPSA) is 173 Å². The van der Waals surface area contributed by atoms with Crippen molar-refractivity contribution in [1.29, 1.82) is 0 Å². The van der Waals surface area contributed by atoms with Gasteiger partial charge in [0.2, 0.25) is 5.91 Å². The summed E-state index contributed by atoms with van der Waals surface area (Å²) >= 11 is 0. The van der Waals surface area contributed by atoms with Crippen LogP contribution in [0.1, 0.15) is 41.2 Å². The summed E-state index contributed by atoms with van der Waals surface area (Å²) in [6.45, 7) is 1.63. The maximum atomic E-state index is 12.9. The van der Waals surface area contributed by atoms with Crippen LogP contribution in [0.5, 0.6) is 0 Å². The molecule has 1 aromatic carbocycles. The first kappa shape index (κ1) is 24.4. The lowest BCUT2D eigenvalue weighted by molar-refractivity contribution is -0.116. The van der Waals surface area contributed by atoms with E-state index in [0.29, 0.717) is 12.0 Å². The molecule has 12 nitrogen and oxygen atoms in total. The number of carbonyl (C=O) groups is 2. The molecule has 16 heteroatoms. The van der Waals surface area contributed by atoms with Gasteiger partial charge in [0, 0.05) is 18.1 Å². The SMILES string of the molecule is C[C@@H](NC(=O)c1ncnc2c1CCC(=O)N2)c1cc(-c2nc3ccc(S(=O)(=O)C(F)(F)F)cc3[nH]2)no1. The first-order chi connectivity index (χ1) is 17.4. The lowest BCUT2D eigenvalue weighted by Gasteiger charge is -2.18. The Balaban J connectivity index is 1.36. The van der Waals surface area contributed by atoms with E-state index in [1.54, 1.807) is 6.92 Å². The second kappa shape index (κ2) is 8.65. The number of hydrogen-bond acceptors (Lipinski definition) is 9. The summed E-state index contributed by atoms with van der Waals surface area (Å²) in [4.78, 5) is 38.4. The second-order valence-electron chi connectivity index (χ2n) is 8.12. The van der Waals surface area contributed by atoms with Crippen molar-refractivity contribution in [2.45, 2.75) is 36.2 Å². The lowest BCUT2D eigenvalue weighted by Crippen LogP contribution is -2.30. The number of benzene rings is 1. The molecule has 0 fully saturated rings. The van der Waals surface area contributed by atoms with Gasteiger partial charge in [0.25, 0.3) is 15.7 Å². The molecule has 0 radical (unpaired) electrons. The Hall–Kier alpha value is -4.34. The molecule has 3 aromatic heterocycles. The number of nitrogens with one attached hydrogen (secondary N) is 3. The largest absolute Gasteiger partial charge is 0.501 e. The minimum Gasteiger partial charge on any atom is -0.358 e. The Bertz CT molecular complexity index is 1660. The highest BCUT2D eigenvalue weighted by molar-refractivity contribution is 7.92. The zero-order valence-electron chi connectivity index (χ0n) is 18.8. The fraction of sp³-hybridized carbons (Fsp3) is 0.238. The highest BCUT2D eigenvalue weighted by Crippen LogP contribution is 2.32. The molecule has 37 heavy (non-hydrogen) atoms. The first-order valence-electron chi connectivity index (χ1n) is 10.7. The fourth-order valence-corrected chi connectivity index (χ4v) is 4.53. The molecule has 0 saturated carbocycles. The minimum absolute atomic E-state index is 0.0480. The fourth-order valence-electron chi connectivity index (χ4n) is 3.74. The molecule has 0 unspecified atom stereocenters. The zero-order chi connectivity index (χ0) is 26.5. The minimum atomic E-state index is -5.53. The van der Waals surface area contributed by atoms with Crippen molar-refractivity contribution in [2.24, 2.45) is 0 Å². The molecule has 0 aliphatic carbocycles. The number of nitrogens with zero attached hydrogens (tertiary/aromatic N) is 4. The van der Waals surface area contributed by atoms with E-state index < -0.39 is 32.2 Å². The van der Waals surface area contributed by atoms with Crippen molar-refractivity contribution >= 4 is 38.5 Å². The van der Waals surface area contributed by atoms with E-state index >= 15 is 0 Å². The average molecular weight is 535 g/mol. The smallest absolute Gasteiger partial charge is 0.358 e. The Kier molecular flexibility index (Phi) is 5.69. The van der Waals surface area contributed by atoms with E-state index in [1.165, 1.54) is 12.4 Å². The van der Waals surface area contributed by atoms with Crippen molar-refractivity contribution in [3.63, 3.8) is 0 Å². The summed E-state index contributed by atoms with van der Waals surface area (Å²) in [6.07, 6.45) is 1.68. The van der Waals surface area contributed by atoms with E-state index in [0.717, 1.165) is 18.2 Å². The van der Waals surface area contributed by atoms with E-state index in [9.17, 15) is 31.2 Å². The lowest BCUT2D eigenvalue weighted by atomic mass is 10.0. The third kappa shape index (κ3) is 4.39. The molecule has 0 saturated heterocycles. The quantitative estimate of drug-likeness (QED) is 0.347. The standard InChI is InChI=1S/C21H16F3N7O5S/c1-9(27-20(33)17-11-3-5-16(32)30-18(11)26-8-25-17)15-7-14(31-36-15)19-28-12-4-2-10(6-13(12)29-19)37(34,35)21(22,23)24/h2,4,6-9H,3,5H2,1H3,(H,27,33)(H,28,29)(H,25,26,30,32)/t9-/m1/s1. The third-order valence-electron chi connectivity index (χ3n) is 5.63. The van der Waals surface area contributed by atoms with Gasteiger partial charge < -0.3 is 20.1 Å². The molecule has 0 spiro atoms. The van der Waals surface area contributed by atoms with Gasteiger partial charge in [0.05, 0.1) is 22.0 Å². The van der Waals surface area contributed by atoms with Gasteiger partial charge in [-0.1, -0.05) is 5.16 Å². The number of H-pyrrole nitrogens is 1. The van der Waals surface area contributed by atoms with Crippen molar-refractivity contribution in [2.75, 3.05) is 5.32 Å². The number of aromatic amines is 1. The van der Waals surface area contributed by atoms with Crippen LogP contribution in [-0.2, 0) is 21.1 Å². The van der Waals surface area contributed by atoms with Gasteiger partial charge in [-0.15, -0.1) is 0 Å². The Morgan fingerprint density at radius 3 is 2.73 bits per heavy atom. The predicted octanol–water partition coefficient (Wildman–Crippen LogP) is 2.68. The van der Waals surface area contributed by atoms with Crippen LogP contribution in [0.3, 0.4) is 0 Å². The van der Waals surface area contributed by atoms with Gasteiger partial charge in [-0.2, -0.15) is 13.2 Å². The molecule has 1 aliphatic heterocycles. The molecule has 2 amide bonds. The Morgan fingerprint density at radius 1 is 1.19 bits per heavy atom. The van der Waals surface area contributed by atoms with Gasteiger partial charge in [-0.05, 0) is 31.5 Å². The third-order valence-corrected chi connectivity index (χ3v) is 7.12. The number of aromatic nitrogens is 5. The number of carbonyl (C=O) groups excluding carboxylic acids is 2. The molecule has 0 bridgehead atoms. The number of hydrogen-bond donors (Lipinski definition) is 3. The van der Waals surface area contributed by atoms with Crippen molar-refractivity contribution < 1.29 is 35.7 Å². The van der Waals surface area contributed by atoms with Gasteiger partial charge in [-0.25, -0.2) is 23.4 Å². The van der Waals surface area contributed by atoms with Gasteiger partial charge in [-0.3, -0.25) is 9.59 Å². The highest BCUT2D eigenvalue weighted by Gasteiger charge is 2.47. The highest BCUT2D eigenvalue weighted by atomic mass is 32.2. The summed E-state index contributed by atoms with van der Waals surface area (Å²) in [5.74, 6) is -0.0977. The van der Waals surface area contributed by atoms with Crippen LogP contribution in [0.25, 0.3) is 22.6 Å².